The summed E-state index contributed by atoms with van der Waals surface area (Å²) in [6, 6.07) is -0.646. The predicted molar refractivity (Wildman–Crippen MR) is 55.7 cm³/mol. The molecule has 0 saturated carbocycles. The molecular formula is C10H15F3N2O3. The van der Waals surface area contributed by atoms with Crippen LogP contribution in [0.1, 0.15) is 13.3 Å². The Morgan fingerprint density at radius 3 is 2.61 bits per heavy atom. The van der Waals surface area contributed by atoms with Crippen LogP contribution in [-0.4, -0.2) is 55.2 Å². The lowest BCUT2D eigenvalue weighted by Crippen LogP contribution is -2.40. The summed E-state index contributed by atoms with van der Waals surface area (Å²) in [5, 5.41) is 2.71. The molecule has 1 fully saturated rings. The summed E-state index contributed by atoms with van der Waals surface area (Å²) >= 11 is 0. The van der Waals surface area contributed by atoms with Crippen LogP contribution < -0.4 is 5.32 Å². The van der Waals surface area contributed by atoms with E-state index in [-0.39, 0.29) is 31.4 Å². The highest BCUT2D eigenvalue weighted by Gasteiger charge is 2.37. The van der Waals surface area contributed by atoms with Gasteiger partial charge in [-0.1, -0.05) is 0 Å². The van der Waals surface area contributed by atoms with E-state index in [1.54, 1.807) is 6.92 Å². The number of rotatable bonds is 6. The zero-order chi connectivity index (χ0) is 13.8. The summed E-state index contributed by atoms with van der Waals surface area (Å²) in [4.78, 5) is 24.0. The Morgan fingerprint density at radius 1 is 1.44 bits per heavy atom. The summed E-state index contributed by atoms with van der Waals surface area (Å²) in [6.07, 6.45) is -4.30. The minimum absolute atomic E-state index is 0.0476. The van der Waals surface area contributed by atoms with E-state index in [2.05, 4.69) is 10.1 Å². The zero-order valence-corrected chi connectivity index (χ0v) is 9.92. The highest BCUT2D eigenvalue weighted by molar-refractivity contribution is 6.05. The Bertz CT molecular complexity index is 320. The number of carbonyl (C=O) groups is 2. The maximum atomic E-state index is 11.7. The third-order valence-electron chi connectivity index (χ3n) is 2.46. The van der Waals surface area contributed by atoms with Gasteiger partial charge in [0.2, 0.25) is 11.8 Å². The molecule has 1 atom stereocenters. The Hall–Kier alpha value is -1.15. The third kappa shape index (κ3) is 4.26. The lowest BCUT2D eigenvalue weighted by atomic mass is 10.2. The van der Waals surface area contributed by atoms with Gasteiger partial charge in [-0.3, -0.25) is 14.5 Å². The van der Waals surface area contributed by atoms with Crippen molar-refractivity contribution in [3.8, 4) is 0 Å². The van der Waals surface area contributed by atoms with E-state index in [0.717, 1.165) is 4.90 Å². The SMILES string of the molecule is CCN1C(=O)CC(NCCOCC(F)(F)F)C1=O. The van der Waals surface area contributed by atoms with Gasteiger partial charge in [0.05, 0.1) is 19.1 Å². The maximum Gasteiger partial charge on any atom is 0.411 e. The van der Waals surface area contributed by atoms with Crippen LogP contribution in [0.4, 0.5) is 13.2 Å². The number of hydrogen-bond acceptors (Lipinski definition) is 4. The molecule has 18 heavy (non-hydrogen) atoms. The van der Waals surface area contributed by atoms with Crippen LogP contribution in [-0.2, 0) is 14.3 Å². The second-order valence-corrected chi connectivity index (χ2v) is 3.85. The van der Waals surface area contributed by atoms with Crippen molar-refractivity contribution >= 4 is 11.8 Å². The van der Waals surface area contributed by atoms with Gasteiger partial charge in [-0.15, -0.1) is 0 Å². The minimum atomic E-state index is -4.35. The van der Waals surface area contributed by atoms with Crippen molar-refractivity contribution in [2.45, 2.75) is 25.6 Å². The number of likely N-dealkylation sites (N-methyl/N-ethyl adjacent to an activating group) is 1. The fourth-order valence-corrected chi connectivity index (χ4v) is 1.67. The van der Waals surface area contributed by atoms with Crippen LogP contribution in [0.25, 0.3) is 0 Å². The van der Waals surface area contributed by atoms with Crippen LogP contribution >= 0.6 is 0 Å². The number of imide groups is 1. The van der Waals surface area contributed by atoms with Crippen molar-refractivity contribution in [2.75, 3.05) is 26.3 Å². The maximum absolute atomic E-state index is 11.7. The molecule has 0 aromatic carbocycles. The number of halogens is 3. The van der Waals surface area contributed by atoms with Gasteiger partial charge in [-0.2, -0.15) is 13.2 Å². The predicted octanol–water partition coefficient (Wildman–Crippen LogP) is 0.302. The molecule has 1 unspecified atom stereocenters. The van der Waals surface area contributed by atoms with E-state index in [9.17, 15) is 22.8 Å². The van der Waals surface area contributed by atoms with Crippen LogP contribution in [0.2, 0.25) is 0 Å². The van der Waals surface area contributed by atoms with Crippen molar-refractivity contribution in [1.29, 1.82) is 0 Å². The highest BCUT2D eigenvalue weighted by atomic mass is 19.4. The summed E-state index contributed by atoms with van der Waals surface area (Å²) in [5.41, 5.74) is 0. The Balaban J connectivity index is 2.21. The molecule has 0 aliphatic carbocycles. The van der Waals surface area contributed by atoms with Gasteiger partial charge in [-0.05, 0) is 6.92 Å². The number of carbonyl (C=O) groups excluding carboxylic acids is 2. The van der Waals surface area contributed by atoms with Gasteiger partial charge < -0.3 is 10.1 Å². The van der Waals surface area contributed by atoms with Crippen LogP contribution in [0.15, 0.2) is 0 Å². The van der Waals surface area contributed by atoms with E-state index in [0.29, 0.717) is 6.54 Å². The smallest absolute Gasteiger partial charge is 0.371 e. The van der Waals surface area contributed by atoms with E-state index in [4.69, 9.17) is 0 Å². The van der Waals surface area contributed by atoms with Crippen molar-refractivity contribution in [3.63, 3.8) is 0 Å². The van der Waals surface area contributed by atoms with E-state index < -0.39 is 18.8 Å². The van der Waals surface area contributed by atoms with Gasteiger partial charge in [0.1, 0.15) is 6.61 Å². The van der Waals surface area contributed by atoms with Crippen molar-refractivity contribution in [2.24, 2.45) is 0 Å². The molecule has 1 rings (SSSR count). The topological polar surface area (TPSA) is 58.6 Å². The molecule has 1 saturated heterocycles. The van der Waals surface area contributed by atoms with Gasteiger partial charge in [-0.25, -0.2) is 0 Å². The lowest BCUT2D eigenvalue weighted by Gasteiger charge is -2.13. The first-order valence-electron chi connectivity index (χ1n) is 5.57. The van der Waals surface area contributed by atoms with Gasteiger partial charge in [0, 0.05) is 13.1 Å². The molecule has 5 nitrogen and oxygen atoms in total. The Labute approximate surface area is 102 Å². The second kappa shape index (κ2) is 6.14. The molecular weight excluding hydrogens is 253 g/mol. The van der Waals surface area contributed by atoms with Gasteiger partial charge in [0.25, 0.3) is 0 Å². The average molecular weight is 268 g/mol. The molecule has 104 valence electrons. The molecule has 2 amide bonds. The molecule has 0 bridgehead atoms. The first-order valence-corrected chi connectivity index (χ1v) is 5.57. The number of ether oxygens (including phenoxy) is 1. The summed E-state index contributed by atoms with van der Waals surface area (Å²) in [5.74, 6) is -0.602. The molecule has 0 spiro atoms. The average Bonchev–Trinajstić information content (AvgIpc) is 2.52. The molecule has 1 aliphatic heterocycles. The number of likely N-dealkylation sites (tertiary alicyclic amines) is 1. The normalized spacial score (nSPS) is 20.9. The number of nitrogens with zero attached hydrogens (tertiary/aromatic N) is 1. The van der Waals surface area contributed by atoms with Gasteiger partial charge in [0.15, 0.2) is 0 Å². The van der Waals surface area contributed by atoms with E-state index >= 15 is 0 Å². The Kier molecular flexibility index (Phi) is 5.09. The minimum Gasteiger partial charge on any atom is -0.371 e. The molecule has 0 aromatic heterocycles. The monoisotopic (exact) mass is 268 g/mol. The van der Waals surface area contributed by atoms with E-state index in [1.165, 1.54) is 0 Å². The van der Waals surface area contributed by atoms with E-state index in [1.807, 2.05) is 0 Å². The number of amides is 2. The molecule has 0 aromatic rings. The van der Waals surface area contributed by atoms with Crippen molar-refractivity contribution < 1.29 is 27.5 Å². The molecule has 8 heteroatoms. The summed E-state index contributed by atoms with van der Waals surface area (Å²) < 4.78 is 39.6. The first kappa shape index (κ1) is 14.9. The lowest BCUT2D eigenvalue weighted by molar-refractivity contribution is -0.173. The molecule has 0 radical (unpaired) electrons. The van der Waals surface area contributed by atoms with Crippen molar-refractivity contribution in [3.05, 3.63) is 0 Å². The summed E-state index contributed by atoms with van der Waals surface area (Å²) in [7, 11) is 0. The third-order valence-corrected chi connectivity index (χ3v) is 2.46. The fourth-order valence-electron chi connectivity index (χ4n) is 1.67. The van der Waals surface area contributed by atoms with Crippen molar-refractivity contribution in [1.82, 2.24) is 10.2 Å². The Morgan fingerprint density at radius 2 is 2.11 bits per heavy atom. The quantitative estimate of drug-likeness (QED) is 0.556. The van der Waals surface area contributed by atoms with Gasteiger partial charge >= 0.3 is 6.18 Å². The zero-order valence-electron chi connectivity index (χ0n) is 9.92. The molecule has 1 N–H and O–H groups in total. The second-order valence-electron chi connectivity index (χ2n) is 3.85. The standard InChI is InChI=1S/C10H15F3N2O3/c1-2-15-8(16)5-7(9(15)17)14-3-4-18-6-10(11,12)13/h7,14H,2-6H2,1H3. The fraction of sp³-hybridized carbons (Fsp3) is 0.800. The highest BCUT2D eigenvalue weighted by Crippen LogP contribution is 2.14. The first-order chi connectivity index (χ1) is 8.35. The number of nitrogens with one attached hydrogen (secondary N) is 1. The summed E-state index contributed by atoms with van der Waals surface area (Å²) in [6.45, 7) is 0.610. The van der Waals surface area contributed by atoms with Crippen LogP contribution in [0.5, 0.6) is 0 Å². The molecule has 1 aliphatic rings. The number of hydrogen-bond donors (Lipinski definition) is 1. The van der Waals surface area contributed by atoms with Crippen LogP contribution in [0, 0.1) is 0 Å². The van der Waals surface area contributed by atoms with Crippen LogP contribution in [0.3, 0.4) is 0 Å². The largest absolute Gasteiger partial charge is 0.411 e. The molecule has 1 heterocycles. The number of alkyl halides is 3.